The van der Waals surface area contributed by atoms with Crippen LogP contribution in [0.2, 0.25) is 0 Å². The lowest BCUT2D eigenvalue weighted by atomic mass is 10.0. The molecule has 4 rings (SSSR count). The third kappa shape index (κ3) is 0.901. The lowest BCUT2D eigenvalue weighted by Gasteiger charge is -2.08. The molecule has 2 atom stereocenters. The first kappa shape index (κ1) is 8.76. The van der Waals surface area contributed by atoms with Crippen molar-refractivity contribution in [2.45, 2.75) is 12.0 Å². The molecule has 0 aromatic heterocycles. The molecular formula is C13H8BrNO. The molecule has 2 aromatic carbocycles. The molecule has 0 fully saturated rings. The van der Waals surface area contributed by atoms with Crippen molar-refractivity contribution in [1.29, 1.82) is 0 Å². The first-order valence-corrected chi connectivity index (χ1v) is 6.06. The van der Waals surface area contributed by atoms with Crippen LogP contribution in [0.15, 0.2) is 41.6 Å². The summed E-state index contributed by atoms with van der Waals surface area (Å²) in [5.74, 6) is 0.251. The van der Waals surface area contributed by atoms with Gasteiger partial charge in [0.2, 0.25) is 0 Å². The van der Waals surface area contributed by atoms with E-state index in [1.165, 1.54) is 21.9 Å². The van der Waals surface area contributed by atoms with Gasteiger partial charge in [-0.3, -0.25) is 0 Å². The highest BCUT2D eigenvalue weighted by Gasteiger charge is 2.42. The Morgan fingerprint density at radius 3 is 2.62 bits per heavy atom. The Morgan fingerprint density at radius 1 is 1.06 bits per heavy atom. The van der Waals surface area contributed by atoms with Gasteiger partial charge in [-0.2, -0.15) is 0 Å². The Morgan fingerprint density at radius 2 is 1.81 bits per heavy atom. The molecule has 2 aromatic rings. The SMILES string of the molecule is BrC1=NOC2c3cccc4cccc(c34)C12. The zero-order valence-electron chi connectivity index (χ0n) is 8.35. The molecule has 0 amide bonds. The van der Waals surface area contributed by atoms with Crippen molar-refractivity contribution in [3.8, 4) is 0 Å². The molecule has 0 saturated carbocycles. The van der Waals surface area contributed by atoms with E-state index in [1.54, 1.807) is 0 Å². The summed E-state index contributed by atoms with van der Waals surface area (Å²) in [6.07, 6.45) is 0.0653. The highest BCUT2D eigenvalue weighted by atomic mass is 79.9. The normalized spacial score (nSPS) is 25.4. The fourth-order valence-corrected chi connectivity index (χ4v) is 3.34. The third-order valence-corrected chi connectivity index (χ3v) is 4.06. The Kier molecular flexibility index (Phi) is 1.56. The van der Waals surface area contributed by atoms with Crippen LogP contribution in [0.5, 0.6) is 0 Å². The summed E-state index contributed by atoms with van der Waals surface area (Å²) in [7, 11) is 0. The first-order valence-electron chi connectivity index (χ1n) is 5.27. The molecule has 78 valence electrons. The minimum absolute atomic E-state index is 0.0653. The van der Waals surface area contributed by atoms with Crippen molar-refractivity contribution in [3.05, 3.63) is 47.5 Å². The number of hydrogen-bond donors (Lipinski definition) is 0. The number of rotatable bonds is 0. The fourth-order valence-electron chi connectivity index (χ4n) is 2.77. The largest absolute Gasteiger partial charge is 0.386 e. The number of benzene rings is 2. The van der Waals surface area contributed by atoms with Crippen molar-refractivity contribution in [1.82, 2.24) is 0 Å². The predicted molar refractivity (Wildman–Crippen MR) is 66.9 cm³/mol. The zero-order chi connectivity index (χ0) is 10.7. The summed E-state index contributed by atoms with van der Waals surface area (Å²) in [6, 6.07) is 12.8. The Labute approximate surface area is 101 Å². The van der Waals surface area contributed by atoms with Crippen molar-refractivity contribution >= 4 is 31.3 Å². The Balaban J connectivity index is 2.14. The molecule has 2 aliphatic rings. The second-order valence-corrected chi connectivity index (χ2v) is 5.02. The summed E-state index contributed by atoms with van der Waals surface area (Å²) in [5, 5.41) is 6.67. The summed E-state index contributed by atoms with van der Waals surface area (Å²) in [5.41, 5.74) is 2.59. The van der Waals surface area contributed by atoms with Crippen LogP contribution in [0.25, 0.3) is 10.8 Å². The molecule has 0 N–H and O–H groups in total. The molecule has 2 nitrogen and oxygen atoms in total. The van der Waals surface area contributed by atoms with Gasteiger partial charge < -0.3 is 4.84 Å². The van der Waals surface area contributed by atoms with Gasteiger partial charge in [0.05, 0.1) is 5.92 Å². The van der Waals surface area contributed by atoms with Gasteiger partial charge in [0, 0.05) is 5.56 Å². The van der Waals surface area contributed by atoms with Gasteiger partial charge in [-0.1, -0.05) is 41.6 Å². The molecule has 3 heteroatoms. The zero-order valence-corrected chi connectivity index (χ0v) is 9.94. The molecule has 0 radical (unpaired) electrons. The number of nitrogens with zero attached hydrogens (tertiary/aromatic N) is 1. The van der Waals surface area contributed by atoms with Crippen LogP contribution in [-0.2, 0) is 4.84 Å². The average molecular weight is 274 g/mol. The standard InChI is InChI=1S/C13H8BrNO/c14-13-11-8-5-1-3-7-4-2-6-9(10(7)8)12(11)16-15-13/h1-6,11-12H. The van der Waals surface area contributed by atoms with Crippen LogP contribution < -0.4 is 0 Å². The fraction of sp³-hybridized carbons (Fsp3) is 0.154. The highest BCUT2D eigenvalue weighted by Crippen LogP contribution is 2.51. The minimum atomic E-state index is 0.0653. The molecule has 1 aliphatic heterocycles. The summed E-state index contributed by atoms with van der Waals surface area (Å²) in [4.78, 5) is 5.50. The van der Waals surface area contributed by atoms with E-state index in [4.69, 9.17) is 4.84 Å². The van der Waals surface area contributed by atoms with E-state index < -0.39 is 0 Å². The van der Waals surface area contributed by atoms with E-state index in [9.17, 15) is 0 Å². The lowest BCUT2D eigenvalue weighted by Crippen LogP contribution is -2.04. The summed E-state index contributed by atoms with van der Waals surface area (Å²) >= 11 is 3.49. The second kappa shape index (κ2) is 2.86. The second-order valence-electron chi connectivity index (χ2n) is 4.21. The van der Waals surface area contributed by atoms with E-state index >= 15 is 0 Å². The molecule has 16 heavy (non-hydrogen) atoms. The van der Waals surface area contributed by atoms with E-state index in [-0.39, 0.29) is 12.0 Å². The molecule has 1 aliphatic carbocycles. The molecule has 0 saturated heterocycles. The topological polar surface area (TPSA) is 21.6 Å². The smallest absolute Gasteiger partial charge is 0.166 e. The predicted octanol–water partition coefficient (Wildman–Crippen LogP) is 3.72. The van der Waals surface area contributed by atoms with Crippen LogP contribution in [0, 0.1) is 0 Å². The number of fused-ring (bicyclic) bond motifs is 3. The molecule has 1 heterocycles. The Hall–Kier alpha value is -1.35. The van der Waals surface area contributed by atoms with Crippen molar-refractivity contribution in [3.63, 3.8) is 0 Å². The van der Waals surface area contributed by atoms with Gasteiger partial charge in [-0.15, -0.1) is 0 Å². The lowest BCUT2D eigenvalue weighted by molar-refractivity contribution is 0.0808. The van der Waals surface area contributed by atoms with Crippen LogP contribution in [-0.4, -0.2) is 4.62 Å². The maximum atomic E-state index is 5.50. The van der Waals surface area contributed by atoms with Gasteiger partial charge in [-0.25, -0.2) is 0 Å². The van der Waals surface area contributed by atoms with Crippen molar-refractivity contribution in [2.24, 2.45) is 5.16 Å². The average Bonchev–Trinajstić information content (AvgIpc) is 2.83. The molecule has 0 bridgehead atoms. The summed E-state index contributed by atoms with van der Waals surface area (Å²) < 4.78 is 0.904. The third-order valence-electron chi connectivity index (χ3n) is 3.42. The van der Waals surface area contributed by atoms with Gasteiger partial charge >= 0.3 is 0 Å². The van der Waals surface area contributed by atoms with E-state index in [0.717, 1.165) is 4.62 Å². The molecule has 2 unspecified atom stereocenters. The maximum Gasteiger partial charge on any atom is 0.166 e. The quantitative estimate of drug-likeness (QED) is 0.717. The van der Waals surface area contributed by atoms with Gasteiger partial charge in [-0.05, 0) is 32.3 Å². The molecular weight excluding hydrogens is 266 g/mol. The first-order chi connectivity index (χ1) is 7.86. The van der Waals surface area contributed by atoms with E-state index in [0.29, 0.717) is 0 Å². The molecule has 0 spiro atoms. The minimum Gasteiger partial charge on any atom is -0.386 e. The number of oxime groups is 1. The van der Waals surface area contributed by atoms with E-state index in [2.05, 4.69) is 57.5 Å². The van der Waals surface area contributed by atoms with Crippen LogP contribution >= 0.6 is 15.9 Å². The number of halogens is 1. The summed E-state index contributed by atoms with van der Waals surface area (Å²) in [6.45, 7) is 0. The highest BCUT2D eigenvalue weighted by molar-refractivity contribution is 9.18. The van der Waals surface area contributed by atoms with Gasteiger partial charge in [0.15, 0.2) is 6.10 Å². The van der Waals surface area contributed by atoms with Crippen molar-refractivity contribution in [2.75, 3.05) is 0 Å². The number of hydrogen-bond acceptors (Lipinski definition) is 2. The Bertz CT molecular complexity index is 630. The van der Waals surface area contributed by atoms with Gasteiger partial charge in [0.1, 0.15) is 4.62 Å². The van der Waals surface area contributed by atoms with Crippen LogP contribution in [0.1, 0.15) is 23.1 Å². The van der Waals surface area contributed by atoms with E-state index in [1.807, 2.05) is 0 Å². The monoisotopic (exact) mass is 273 g/mol. The van der Waals surface area contributed by atoms with Gasteiger partial charge in [0.25, 0.3) is 0 Å². The van der Waals surface area contributed by atoms with Crippen molar-refractivity contribution < 1.29 is 4.84 Å². The van der Waals surface area contributed by atoms with Crippen LogP contribution in [0.3, 0.4) is 0 Å². The van der Waals surface area contributed by atoms with Crippen LogP contribution in [0.4, 0.5) is 0 Å². The maximum absolute atomic E-state index is 5.50.